The van der Waals surface area contributed by atoms with Crippen LogP contribution in [0.25, 0.3) is 0 Å². The Kier molecular flexibility index (Phi) is 24.1. The van der Waals surface area contributed by atoms with E-state index in [2.05, 4.69) is 13.8 Å². The van der Waals surface area contributed by atoms with Crippen molar-refractivity contribution in [1.82, 2.24) is 0 Å². The predicted octanol–water partition coefficient (Wildman–Crippen LogP) is 7.45. The molecule has 0 amide bonds. The van der Waals surface area contributed by atoms with Crippen molar-refractivity contribution in [2.24, 2.45) is 0 Å². The van der Waals surface area contributed by atoms with E-state index < -0.39 is 5.69 Å². The Balaban J connectivity index is 0. The fourth-order valence-electron chi connectivity index (χ4n) is 2.52. The van der Waals surface area contributed by atoms with Gasteiger partial charge in [0.25, 0.3) is 0 Å². The molecule has 6 heteroatoms. The van der Waals surface area contributed by atoms with Crippen LogP contribution in [-0.2, 0) is 35.8 Å². The molecule has 0 aliphatic rings. The Morgan fingerprint density at radius 1 is 0.750 bits per heavy atom. The predicted molar refractivity (Wildman–Crippen MR) is 111 cm³/mol. The van der Waals surface area contributed by atoms with Crippen LogP contribution in [0.2, 0.25) is 0 Å². The number of hydrogen-bond acceptors (Lipinski definition) is 3. The van der Waals surface area contributed by atoms with Gasteiger partial charge in [-0.1, -0.05) is 102 Å². The van der Waals surface area contributed by atoms with Gasteiger partial charge in [0.15, 0.2) is 0 Å². The molecule has 24 heavy (non-hydrogen) atoms. The zero-order chi connectivity index (χ0) is 17.2. The van der Waals surface area contributed by atoms with Gasteiger partial charge in [0.2, 0.25) is 5.69 Å². The largest absolute Gasteiger partial charge is 0.337 e. The van der Waals surface area contributed by atoms with E-state index in [1.807, 2.05) is 0 Å². The summed E-state index contributed by atoms with van der Waals surface area (Å²) in [5, 5.41) is 0. The van der Waals surface area contributed by atoms with Gasteiger partial charge in [-0.25, -0.2) is 0 Å². The quantitative estimate of drug-likeness (QED) is 0.134. The first-order valence-corrected chi connectivity index (χ1v) is 14.0. The summed E-state index contributed by atoms with van der Waals surface area (Å²) in [6, 6.07) is 0. The summed E-state index contributed by atoms with van der Waals surface area (Å²) in [7, 11) is 0. The molecule has 0 aromatic rings. The molecule has 1 N–H and O–H groups in total. The summed E-state index contributed by atoms with van der Waals surface area (Å²) >= 11 is 6.70. The second-order valence-electron chi connectivity index (χ2n) is 6.38. The summed E-state index contributed by atoms with van der Waals surface area (Å²) in [5.41, 5.74) is -2.57. The molecule has 0 aromatic carbocycles. The molecular weight excluding hydrogens is 409 g/mol. The van der Waals surface area contributed by atoms with Gasteiger partial charge in [-0.2, -0.15) is 0 Å². The second-order valence-corrected chi connectivity index (χ2v) is 12.7. The van der Waals surface area contributed by atoms with Crippen molar-refractivity contribution in [3.05, 3.63) is 0 Å². The maximum Gasteiger partial charge on any atom is 0.244 e. The van der Waals surface area contributed by atoms with Crippen molar-refractivity contribution >= 4 is 28.9 Å². The van der Waals surface area contributed by atoms with Gasteiger partial charge in [-0.05, 0) is 24.6 Å². The van der Waals surface area contributed by atoms with Crippen LogP contribution in [-0.4, -0.2) is 17.3 Å². The van der Waals surface area contributed by atoms with Gasteiger partial charge in [0.05, 0.1) is 6.61 Å². The van der Waals surface area contributed by atoms with Crippen molar-refractivity contribution in [3.63, 3.8) is 0 Å². The summed E-state index contributed by atoms with van der Waals surface area (Å²) < 4.78 is 5.56. The third kappa shape index (κ3) is 21.6. The number of hydrogen-bond donors (Lipinski definition) is 1. The molecular formula is C18H39O2PS2Zn. The van der Waals surface area contributed by atoms with Crippen LogP contribution in [0.15, 0.2) is 0 Å². The van der Waals surface area contributed by atoms with Crippen LogP contribution in [0.5, 0.6) is 0 Å². The molecule has 0 rings (SSSR count). The topological polar surface area (TPSA) is 29.5 Å². The average Bonchev–Trinajstić information content (AvgIpc) is 2.52. The maximum atomic E-state index is 10.1. The van der Waals surface area contributed by atoms with Crippen LogP contribution >= 0.6 is 17.1 Å². The van der Waals surface area contributed by atoms with E-state index in [0.717, 1.165) is 18.6 Å². The van der Waals surface area contributed by atoms with Crippen LogP contribution in [0.3, 0.4) is 0 Å². The molecule has 0 aliphatic heterocycles. The first kappa shape index (κ1) is 27.8. The average molecular weight is 448 g/mol. The molecule has 2 nitrogen and oxygen atoms in total. The monoisotopic (exact) mass is 446 g/mol. The van der Waals surface area contributed by atoms with Gasteiger partial charge in [0, 0.05) is 25.2 Å². The molecule has 142 valence electrons. The standard InChI is InChI=1S/C18H39O2PS2.Zn/c1-3-5-7-9-11-13-15-17-20-21(19,22)23-18-16-14-12-10-8-6-4-2;/h3-18H2,1-2H3,(H,19,22);. The van der Waals surface area contributed by atoms with Crippen LogP contribution in [0, 0.1) is 0 Å². The summed E-state index contributed by atoms with van der Waals surface area (Å²) in [6.45, 7) is 5.12. The van der Waals surface area contributed by atoms with Crippen molar-refractivity contribution in [3.8, 4) is 0 Å². The van der Waals surface area contributed by atoms with E-state index in [1.165, 1.54) is 88.4 Å². The summed E-state index contributed by atoms with van der Waals surface area (Å²) in [5.74, 6) is 0.943. The van der Waals surface area contributed by atoms with E-state index in [0.29, 0.717) is 6.61 Å². The van der Waals surface area contributed by atoms with Gasteiger partial charge >= 0.3 is 0 Å². The van der Waals surface area contributed by atoms with Gasteiger partial charge in [-0.3, -0.25) is 0 Å². The van der Waals surface area contributed by atoms with Crippen molar-refractivity contribution in [2.45, 2.75) is 104 Å². The Morgan fingerprint density at radius 3 is 1.67 bits per heavy atom. The van der Waals surface area contributed by atoms with Crippen molar-refractivity contribution in [1.29, 1.82) is 0 Å². The zero-order valence-electron chi connectivity index (χ0n) is 16.1. The molecule has 0 bridgehead atoms. The van der Waals surface area contributed by atoms with Crippen LogP contribution in [0.4, 0.5) is 0 Å². The van der Waals surface area contributed by atoms with E-state index in [1.54, 1.807) is 0 Å². The Bertz CT molecular complexity index is 270. The van der Waals surface area contributed by atoms with Crippen molar-refractivity contribution in [2.75, 3.05) is 12.4 Å². The van der Waals surface area contributed by atoms with Gasteiger partial charge in [0.1, 0.15) is 0 Å². The molecule has 0 fully saturated rings. The number of unbranched alkanes of at least 4 members (excludes halogenated alkanes) is 12. The fourth-order valence-corrected chi connectivity index (χ4v) is 5.93. The smallest absolute Gasteiger partial charge is 0.244 e. The molecule has 0 spiro atoms. The minimum Gasteiger partial charge on any atom is -0.337 e. The summed E-state index contributed by atoms with van der Waals surface area (Å²) in [6.07, 6.45) is 17.9. The maximum absolute atomic E-state index is 10.1. The Hall–Kier alpha value is 1.54. The molecule has 0 heterocycles. The zero-order valence-corrected chi connectivity index (χ0v) is 21.6. The molecule has 0 aromatic heterocycles. The molecule has 0 saturated carbocycles. The van der Waals surface area contributed by atoms with Crippen molar-refractivity contribution < 1.29 is 28.9 Å². The first-order valence-electron chi connectivity index (χ1n) is 9.74. The van der Waals surface area contributed by atoms with Gasteiger partial charge < -0.3 is 9.42 Å². The van der Waals surface area contributed by atoms with E-state index in [4.69, 9.17) is 16.3 Å². The summed E-state index contributed by atoms with van der Waals surface area (Å²) in [4.78, 5) is 10.1. The first-order chi connectivity index (χ1) is 11.1. The Labute approximate surface area is 173 Å². The molecule has 0 aliphatic carbocycles. The second kappa shape index (κ2) is 20.9. The molecule has 1 unspecified atom stereocenters. The molecule has 1 atom stereocenters. The van der Waals surface area contributed by atoms with Gasteiger partial charge in [-0.15, -0.1) is 0 Å². The Morgan fingerprint density at radius 2 is 1.17 bits per heavy atom. The van der Waals surface area contributed by atoms with E-state index in [9.17, 15) is 4.89 Å². The number of rotatable bonds is 18. The van der Waals surface area contributed by atoms with Crippen LogP contribution in [0.1, 0.15) is 104 Å². The minimum absolute atomic E-state index is 0. The normalized spacial score (nSPS) is 13.5. The fraction of sp³-hybridized carbons (Fsp3) is 1.00. The molecule has 0 radical (unpaired) electrons. The van der Waals surface area contributed by atoms with Crippen LogP contribution < -0.4 is 0 Å². The van der Waals surface area contributed by atoms with E-state index in [-0.39, 0.29) is 19.5 Å². The third-order valence-corrected chi connectivity index (χ3v) is 8.42. The third-order valence-electron chi connectivity index (χ3n) is 4.00. The molecule has 0 saturated heterocycles. The SMILES string of the molecule is CCCCCCCCCOP(O)(=S)SCCCCCCCCC.[Zn]. The minimum atomic E-state index is -2.57. The van der Waals surface area contributed by atoms with E-state index >= 15 is 0 Å².